The lowest BCUT2D eigenvalue weighted by atomic mass is 10.1. The third-order valence-electron chi connectivity index (χ3n) is 5.36. The molecule has 0 saturated carbocycles. The maximum atomic E-state index is 14.1. The van der Waals surface area contributed by atoms with Crippen LogP contribution in [0.2, 0.25) is 0 Å². The summed E-state index contributed by atoms with van der Waals surface area (Å²) >= 11 is 0. The second kappa shape index (κ2) is 10.5. The number of halogens is 2. The minimum atomic E-state index is -3.12. The zero-order valence-electron chi connectivity index (χ0n) is 18.7. The van der Waals surface area contributed by atoms with Gasteiger partial charge in [0.15, 0.2) is 0 Å². The Morgan fingerprint density at radius 3 is 2.71 bits per heavy atom. The van der Waals surface area contributed by atoms with Crippen molar-refractivity contribution in [2.75, 3.05) is 23.8 Å². The molecule has 1 saturated heterocycles. The summed E-state index contributed by atoms with van der Waals surface area (Å²) in [6.45, 7) is 2.30. The summed E-state index contributed by atoms with van der Waals surface area (Å²) in [4.78, 5) is 24.7. The number of aromatic nitrogens is 3. The molecule has 1 aromatic carbocycles. The van der Waals surface area contributed by atoms with E-state index < -0.39 is 5.92 Å². The van der Waals surface area contributed by atoms with Crippen molar-refractivity contribution in [2.24, 2.45) is 0 Å². The highest BCUT2D eigenvalue weighted by atomic mass is 19.3. The van der Waals surface area contributed by atoms with Gasteiger partial charge in [-0.05, 0) is 48.7 Å². The van der Waals surface area contributed by atoms with Crippen molar-refractivity contribution in [3.05, 3.63) is 71.7 Å². The van der Waals surface area contributed by atoms with E-state index in [4.69, 9.17) is 4.74 Å². The van der Waals surface area contributed by atoms with E-state index in [1.54, 1.807) is 42.7 Å². The lowest BCUT2D eigenvalue weighted by Crippen LogP contribution is -2.31. The molecule has 0 radical (unpaired) electrons. The maximum absolute atomic E-state index is 14.1. The number of ether oxygens (including phenoxy) is 1. The molecule has 178 valence electrons. The quantitative estimate of drug-likeness (QED) is 0.432. The van der Waals surface area contributed by atoms with Crippen molar-refractivity contribution in [3.8, 4) is 0 Å². The summed E-state index contributed by atoms with van der Waals surface area (Å²) in [6, 6.07) is 10.4. The highest BCUT2D eigenvalue weighted by molar-refractivity contribution is 5.94. The number of hydrogen-bond donors (Lipinski definition) is 3. The fourth-order valence-corrected chi connectivity index (χ4v) is 3.53. The Kier molecular flexibility index (Phi) is 7.27. The van der Waals surface area contributed by atoms with Gasteiger partial charge < -0.3 is 20.7 Å². The van der Waals surface area contributed by atoms with Crippen LogP contribution in [-0.2, 0) is 17.2 Å². The molecule has 1 fully saturated rings. The number of hydrogen-bond acceptors (Lipinski definition) is 7. The van der Waals surface area contributed by atoms with Crippen LogP contribution in [-0.4, -0.2) is 40.1 Å². The Balaban J connectivity index is 1.42. The van der Waals surface area contributed by atoms with Gasteiger partial charge in [-0.3, -0.25) is 9.78 Å². The van der Waals surface area contributed by atoms with Gasteiger partial charge in [-0.1, -0.05) is 6.07 Å². The van der Waals surface area contributed by atoms with Gasteiger partial charge in [0.1, 0.15) is 5.82 Å². The first-order valence-corrected chi connectivity index (χ1v) is 11.0. The van der Waals surface area contributed by atoms with Gasteiger partial charge in [-0.2, -0.15) is 4.98 Å². The third kappa shape index (κ3) is 6.22. The smallest absolute Gasteiger partial charge is 0.275 e. The molecule has 3 aromatic rings. The Morgan fingerprint density at radius 2 is 2.03 bits per heavy atom. The molecular weight excluding hydrogens is 442 g/mol. The number of alkyl halides is 2. The number of nitrogens with one attached hydrogen (secondary N) is 3. The lowest BCUT2D eigenvalue weighted by Gasteiger charge is -2.17. The number of amides is 1. The monoisotopic (exact) mass is 468 g/mol. The number of nitrogens with zero attached hydrogens (tertiary/aromatic N) is 3. The summed E-state index contributed by atoms with van der Waals surface area (Å²) in [5.41, 5.74) is 1.64. The van der Waals surface area contributed by atoms with Gasteiger partial charge in [0.25, 0.3) is 11.8 Å². The zero-order chi connectivity index (χ0) is 24.0. The highest BCUT2D eigenvalue weighted by Gasteiger charge is 2.29. The van der Waals surface area contributed by atoms with E-state index in [1.807, 2.05) is 6.07 Å². The minimum Gasteiger partial charge on any atom is -0.376 e. The SMILES string of the molecule is CC(F)(F)c1cnc(Nc2ccc(C(=O)NC[C@H]3CCCO3)cc2)nc1NCc1cccnc1. The molecule has 8 nitrogen and oxygen atoms in total. The highest BCUT2D eigenvalue weighted by Crippen LogP contribution is 2.32. The molecule has 1 amide bonds. The van der Waals surface area contributed by atoms with Crippen LogP contribution in [0.5, 0.6) is 0 Å². The topological polar surface area (TPSA) is 101 Å². The van der Waals surface area contributed by atoms with Crippen LogP contribution < -0.4 is 16.0 Å². The number of benzene rings is 1. The zero-order valence-corrected chi connectivity index (χ0v) is 18.7. The van der Waals surface area contributed by atoms with Crippen LogP contribution in [0, 0.1) is 0 Å². The van der Waals surface area contributed by atoms with Crippen molar-refractivity contribution >= 4 is 23.4 Å². The molecule has 1 aliphatic rings. The van der Waals surface area contributed by atoms with Crippen LogP contribution in [0.25, 0.3) is 0 Å². The molecular formula is C24H26F2N6O2. The molecule has 3 heterocycles. The Hall–Kier alpha value is -3.66. The van der Waals surface area contributed by atoms with E-state index in [2.05, 4.69) is 30.9 Å². The van der Waals surface area contributed by atoms with E-state index in [9.17, 15) is 13.6 Å². The van der Waals surface area contributed by atoms with Crippen LogP contribution >= 0.6 is 0 Å². The molecule has 2 aromatic heterocycles. The summed E-state index contributed by atoms with van der Waals surface area (Å²) in [5.74, 6) is -3.13. The molecule has 10 heteroatoms. The molecule has 34 heavy (non-hydrogen) atoms. The lowest BCUT2D eigenvalue weighted by molar-refractivity contribution is 0.0176. The van der Waals surface area contributed by atoms with Crippen molar-refractivity contribution < 1.29 is 18.3 Å². The largest absolute Gasteiger partial charge is 0.376 e. The number of rotatable bonds is 9. The summed E-state index contributed by atoms with van der Waals surface area (Å²) in [7, 11) is 0. The standard InChI is InChI=1S/C24H26F2N6O2/c1-24(25,26)20-15-30-23(32-21(20)28-13-16-4-2-10-27-12-16)31-18-8-6-17(7-9-18)22(33)29-14-19-5-3-11-34-19/h2,4,6-10,12,15,19H,3,5,11,13-14H2,1H3,(H,29,33)(H2,28,30,31,32)/t19-/m1/s1. The average molecular weight is 469 g/mol. The fraction of sp³-hybridized carbons (Fsp3) is 0.333. The number of pyridine rings is 1. The van der Waals surface area contributed by atoms with Gasteiger partial charge in [0.2, 0.25) is 5.95 Å². The number of anilines is 3. The first kappa shape index (κ1) is 23.5. The normalized spacial score (nSPS) is 15.7. The summed E-state index contributed by atoms with van der Waals surface area (Å²) in [5, 5.41) is 8.81. The predicted molar refractivity (Wildman–Crippen MR) is 124 cm³/mol. The van der Waals surface area contributed by atoms with Crippen LogP contribution in [0.1, 0.15) is 41.3 Å². The molecule has 1 atom stereocenters. The van der Waals surface area contributed by atoms with E-state index in [-0.39, 0.29) is 35.9 Å². The van der Waals surface area contributed by atoms with Gasteiger partial charge in [-0.15, -0.1) is 0 Å². The van der Waals surface area contributed by atoms with Crippen LogP contribution in [0.15, 0.2) is 55.0 Å². The molecule has 3 N–H and O–H groups in total. The first-order chi connectivity index (χ1) is 16.4. The minimum absolute atomic E-state index is 0.0268. The van der Waals surface area contributed by atoms with E-state index in [1.165, 1.54) is 0 Å². The first-order valence-electron chi connectivity index (χ1n) is 11.0. The molecule has 1 aliphatic heterocycles. The second-order valence-corrected chi connectivity index (χ2v) is 8.11. The molecule has 0 unspecified atom stereocenters. The van der Waals surface area contributed by atoms with Crippen molar-refractivity contribution in [1.82, 2.24) is 20.3 Å². The average Bonchev–Trinajstić information content (AvgIpc) is 3.35. The van der Waals surface area contributed by atoms with E-state index in [0.29, 0.717) is 17.8 Å². The molecule has 0 bridgehead atoms. The molecule has 0 spiro atoms. The van der Waals surface area contributed by atoms with Crippen molar-refractivity contribution in [1.29, 1.82) is 0 Å². The Labute approximate surface area is 196 Å². The van der Waals surface area contributed by atoms with E-state index in [0.717, 1.165) is 38.1 Å². The van der Waals surface area contributed by atoms with Crippen molar-refractivity contribution in [3.63, 3.8) is 0 Å². The van der Waals surface area contributed by atoms with Gasteiger partial charge in [-0.25, -0.2) is 13.8 Å². The summed E-state index contributed by atoms with van der Waals surface area (Å²) < 4.78 is 33.7. The van der Waals surface area contributed by atoms with E-state index >= 15 is 0 Å². The van der Waals surface area contributed by atoms with Crippen LogP contribution in [0.3, 0.4) is 0 Å². The van der Waals surface area contributed by atoms with Crippen molar-refractivity contribution in [2.45, 2.75) is 38.3 Å². The summed E-state index contributed by atoms with van der Waals surface area (Å²) in [6.07, 6.45) is 6.43. The van der Waals surface area contributed by atoms with Gasteiger partial charge >= 0.3 is 0 Å². The van der Waals surface area contributed by atoms with Gasteiger partial charge in [0, 0.05) is 56.5 Å². The number of carbonyl (C=O) groups is 1. The number of carbonyl (C=O) groups excluding carboxylic acids is 1. The predicted octanol–water partition coefficient (Wildman–Crippen LogP) is 4.25. The second-order valence-electron chi connectivity index (χ2n) is 8.11. The van der Waals surface area contributed by atoms with Gasteiger partial charge in [0.05, 0.1) is 11.7 Å². The Bertz CT molecular complexity index is 1100. The maximum Gasteiger partial charge on any atom is 0.275 e. The third-order valence-corrected chi connectivity index (χ3v) is 5.36. The molecule has 0 aliphatic carbocycles. The Morgan fingerprint density at radius 1 is 1.21 bits per heavy atom. The van der Waals surface area contributed by atoms with Crippen LogP contribution in [0.4, 0.5) is 26.2 Å². The molecule has 4 rings (SSSR count). The fourth-order valence-electron chi connectivity index (χ4n) is 3.53.